The average molecular weight is 345 g/mol. The van der Waals surface area contributed by atoms with Gasteiger partial charge in [-0.2, -0.15) is 0 Å². The van der Waals surface area contributed by atoms with E-state index in [1.165, 1.54) is 51.4 Å². The van der Waals surface area contributed by atoms with Crippen LogP contribution in [0.2, 0.25) is 0 Å². The van der Waals surface area contributed by atoms with E-state index in [1.54, 1.807) is 0 Å². The van der Waals surface area contributed by atoms with Gasteiger partial charge in [-0.1, -0.05) is 73.1 Å². The first-order valence-corrected chi connectivity index (χ1v) is 10.6. The Morgan fingerprint density at radius 2 is 1.25 bits per heavy atom. The maximum absolute atomic E-state index is 9.12. The van der Waals surface area contributed by atoms with Gasteiger partial charge in [0.2, 0.25) is 0 Å². The molecule has 0 aromatic carbocycles. The van der Waals surface area contributed by atoms with E-state index in [4.69, 9.17) is 10.2 Å². The smallest absolute Gasteiger partial charge is 0.0512 e. The fraction of sp³-hybridized carbons (Fsp3) is 1.00. The van der Waals surface area contributed by atoms with Gasteiger partial charge >= 0.3 is 0 Å². The predicted molar refractivity (Wildman–Crippen MR) is 108 cm³/mol. The zero-order valence-electron chi connectivity index (χ0n) is 17.9. The van der Waals surface area contributed by atoms with Crippen molar-refractivity contribution in [1.29, 1.82) is 0 Å². The Balaban J connectivity index is 0. The molecule has 0 aromatic heterocycles. The maximum atomic E-state index is 9.12. The van der Waals surface area contributed by atoms with Crippen LogP contribution in [0, 0.1) is 17.8 Å². The Labute approximate surface area is 153 Å². The molecule has 4 atom stereocenters. The van der Waals surface area contributed by atoms with Crippen LogP contribution >= 0.6 is 0 Å². The summed E-state index contributed by atoms with van der Waals surface area (Å²) in [5.74, 6) is 2.48. The molecule has 2 heteroatoms. The molecule has 0 radical (unpaired) electrons. The summed E-state index contributed by atoms with van der Waals surface area (Å²) in [5, 5.41) is 18.2. The molecule has 0 aliphatic rings. The Morgan fingerprint density at radius 3 is 1.67 bits per heavy atom. The van der Waals surface area contributed by atoms with E-state index in [2.05, 4.69) is 34.6 Å². The first-order valence-electron chi connectivity index (χ1n) is 10.6. The molecule has 2 N–H and O–H groups in total. The molecule has 0 heterocycles. The maximum Gasteiger partial charge on any atom is 0.0512 e. The van der Waals surface area contributed by atoms with Crippen molar-refractivity contribution < 1.29 is 10.2 Å². The fourth-order valence-electron chi connectivity index (χ4n) is 3.21. The molecule has 0 saturated carbocycles. The first-order chi connectivity index (χ1) is 11.2. The van der Waals surface area contributed by atoms with Crippen LogP contribution in [0.5, 0.6) is 0 Å². The summed E-state index contributed by atoms with van der Waals surface area (Å²) in [7, 11) is 0. The number of hydrogen-bond acceptors (Lipinski definition) is 2. The highest BCUT2D eigenvalue weighted by Gasteiger charge is 2.07. The summed E-state index contributed by atoms with van der Waals surface area (Å²) in [6, 6.07) is 0. The van der Waals surface area contributed by atoms with Crippen LogP contribution in [-0.2, 0) is 0 Å². The fourth-order valence-corrected chi connectivity index (χ4v) is 3.21. The zero-order chi connectivity index (χ0) is 19.0. The first kappa shape index (κ1) is 26.2. The number of aliphatic hydroxyl groups excluding tert-OH is 2. The van der Waals surface area contributed by atoms with Crippen LogP contribution in [0.1, 0.15) is 113 Å². The molecule has 24 heavy (non-hydrogen) atoms. The lowest BCUT2D eigenvalue weighted by atomic mass is 9.93. The van der Waals surface area contributed by atoms with Gasteiger partial charge in [-0.15, -0.1) is 0 Å². The van der Waals surface area contributed by atoms with Crippen LogP contribution in [0.15, 0.2) is 0 Å². The molecule has 148 valence electrons. The second-order valence-electron chi connectivity index (χ2n) is 8.36. The van der Waals surface area contributed by atoms with Crippen LogP contribution < -0.4 is 0 Å². The number of unbranched alkanes of at least 4 members (excludes halogenated alkanes) is 1. The van der Waals surface area contributed by atoms with E-state index in [0.29, 0.717) is 0 Å². The van der Waals surface area contributed by atoms with Gasteiger partial charge in [-0.3, -0.25) is 0 Å². The normalized spacial score (nSPS) is 16.2. The molecule has 4 unspecified atom stereocenters. The monoisotopic (exact) mass is 344 g/mol. The van der Waals surface area contributed by atoms with Gasteiger partial charge in [0, 0.05) is 0 Å². The minimum atomic E-state index is -0.115. The van der Waals surface area contributed by atoms with Gasteiger partial charge in [0.15, 0.2) is 0 Å². The molecule has 0 amide bonds. The molecule has 0 saturated heterocycles. The predicted octanol–water partition coefficient (Wildman–Crippen LogP) is 6.58. The standard InChI is InChI=1S/2C11H24O/c1-9(2)8-10(3)6-5-7-11(4)12;1-4-6-7-11(5-2)9-8-10(3)12/h9-12H,5-8H2,1-4H3;10-12H,4-9H2,1-3H3. The number of rotatable bonds is 13. The van der Waals surface area contributed by atoms with Gasteiger partial charge in [-0.05, 0) is 57.3 Å². The van der Waals surface area contributed by atoms with Gasteiger partial charge in [0.05, 0.1) is 12.2 Å². The Bertz CT molecular complexity index is 236. The largest absolute Gasteiger partial charge is 0.393 e. The molecule has 2 nitrogen and oxygen atoms in total. The summed E-state index contributed by atoms with van der Waals surface area (Å²) in [5.41, 5.74) is 0. The minimum Gasteiger partial charge on any atom is -0.393 e. The summed E-state index contributed by atoms with van der Waals surface area (Å²) < 4.78 is 0. The van der Waals surface area contributed by atoms with Crippen molar-refractivity contribution in [2.45, 2.75) is 125 Å². The van der Waals surface area contributed by atoms with Gasteiger partial charge < -0.3 is 10.2 Å². The summed E-state index contributed by atoms with van der Waals surface area (Å²) in [6.07, 6.45) is 11.9. The molecule has 0 spiro atoms. The van der Waals surface area contributed by atoms with E-state index >= 15 is 0 Å². The van der Waals surface area contributed by atoms with E-state index in [1.807, 2.05) is 13.8 Å². The second kappa shape index (κ2) is 17.7. The Hall–Kier alpha value is -0.0800. The van der Waals surface area contributed by atoms with E-state index < -0.39 is 0 Å². The van der Waals surface area contributed by atoms with Gasteiger partial charge in [-0.25, -0.2) is 0 Å². The van der Waals surface area contributed by atoms with Crippen LogP contribution in [0.4, 0.5) is 0 Å². The lowest BCUT2D eigenvalue weighted by Gasteiger charge is -2.14. The lowest BCUT2D eigenvalue weighted by Crippen LogP contribution is -2.05. The summed E-state index contributed by atoms with van der Waals surface area (Å²) in [4.78, 5) is 0. The molecule has 0 bridgehead atoms. The third kappa shape index (κ3) is 21.9. The molecular formula is C22H48O2. The summed E-state index contributed by atoms with van der Waals surface area (Å²) in [6.45, 7) is 15.1. The van der Waals surface area contributed by atoms with Crippen molar-refractivity contribution in [2.75, 3.05) is 0 Å². The highest BCUT2D eigenvalue weighted by atomic mass is 16.3. The van der Waals surface area contributed by atoms with Crippen LogP contribution in [0.25, 0.3) is 0 Å². The van der Waals surface area contributed by atoms with Crippen molar-refractivity contribution in [3.8, 4) is 0 Å². The molecule has 0 fully saturated rings. The van der Waals surface area contributed by atoms with Crippen molar-refractivity contribution in [1.82, 2.24) is 0 Å². The molecule has 0 aromatic rings. The quantitative estimate of drug-likeness (QED) is 0.396. The van der Waals surface area contributed by atoms with Crippen LogP contribution in [-0.4, -0.2) is 22.4 Å². The Morgan fingerprint density at radius 1 is 0.667 bits per heavy atom. The highest BCUT2D eigenvalue weighted by molar-refractivity contribution is 4.60. The SMILES string of the molecule is CC(C)CC(C)CCCC(C)O.CCCCC(CC)CCC(C)O. The highest BCUT2D eigenvalue weighted by Crippen LogP contribution is 2.19. The average Bonchev–Trinajstić information content (AvgIpc) is 2.46. The van der Waals surface area contributed by atoms with E-state index in [9.17, 15) is 0 Å². The third-order valence-electron chi connectivity index (χ3n) is 4.73. The Kier molecular flexibility index (Phi) is 19.3. The topological polar surface area (TPSA) is 40.5 Å². The third-order valence-corrected chi connectivity index (χ3v) is 4.73. The molecule has 0 aliphatic heterocycles. The van der Waals surface area contributed by atoms with Gasteiger partial charge in [0.1, 0.15) is 0 Å². The second-order valence-corrected chi connectivity index (χ2v) is 8.36. The van der Waals surface area contributed by atoms with E-state index in [-0.39, 0.29) is 12.2 Å². The van der Waals surface area contributed by atoms with Crippen LogP contribution in [0.3, 0.4) is 0 Å². The van der Waals surface area contributed by atoms with E-state index in [0.717, 1.165) is 30.6 Å². The van der Waals surface area contributed by atoms with Gasteiger partial charge in [0.25, 0.3) is 0 Å². The van der Waals surface area contributed by atoms with Crippen molar-refractivity contribution in [3.05, 3.63) is 0 Å². The number of aliphatic hydroxyl groups is 2. The summed E-state index contributed by atoms with van der Waals surface area (Å²) >= 11 is 0. The van der Waals surface area contributed by atoms with Crippen molar-refractivity contribution in [3.63, 3.8) is 0 Å². The lowest BCUT2D eigenvalue weighted by molar-refractivity contribution is 0.171. The molecule has 0 aliphatic carbocycles. The number of hydrogen-bond donors (Lipinski definition) is 2. The van der Waals surface area contributed by atoms with Crippen molar-refractivity contribution >= 4 is 0 Å². The molecular weight excluding hydrogens is 296 g/mol. The van der Waals surface area contributed by atoms with Crippen molar-refractivity contribution in [2.24, 2.45) is 17.8 Å². The molecule has 0 rings (SSSR count). The zero-order valence-corrected chi connectivity index (χ0v) is 17.9. The minimum absolute atomic E-state index is 0.110.